The normalized spacial score (nSPS) is 12.3. The molecule has 0 fully saturated rings. The van der Waals surface area contributed by atoms with Gasteiger partial charge >= 0.3 is 0 Å². The van der Waals surface area contributed by atoms with Crippen LogP contribution in [-0.2, 0) is 5.41 Å². The van der Waals surface area contributed by atoms with Crippen molar-refractivity contribution in [1.29, 1.82) is 0 Å². The molecule has 3 heteroatoms. The van der Waals surface area contributed by atoms with Crippen molar-refractivity contribution >= 4 is 25.0 Å². The standard InChI is InChI=1S/C23H34OSSi/c1-6-15-26(16-7-2,20-11-9-8-10-12-20)18-25-19-13-14-22(24)21(17-19)23(3,4)5/h8-14,17,24H,6-7,15-16,18H2,1-5H3. The van der Waals surface area contributed by atoms with Crippen molar-refractivity contribution in [2.75, 3.05) is 5.38 Å². The van der Waals surface area contributed by atoms with Gasteiger partial charge in [0.1, 0.15) is 5.75 Å². The van der Waals surface area contributed by atoms with Crippen LogP contribution in [0.15, 0.2) is 53.4 Å². The van der Waals surface area contributed by atoms with Gasteiger partial charge in [-0.15, -0.1) is 11.8 Å². The molecule has 26 heavy (non-hydrogen) atoms. The molecule has 0 heterocycles. The molecule has 0 aliphatic rings. The lowest BCUT2D eigenvalue weighted by Crippen LogP contribution is -2.50. The molecule has 2 aromatic carbocycles. The van der Waals surface area contributed by atoms with Gasteiger partial charge in [-0.25, -0.2) is 0 Å². The van der Waals surface area contributed by atoms with Crippen LogP contribution in [0.5, 0.6) is 5.75 Å². The molecule has 0 saturated carbocycles. The lowest BCUT2D eigenvalue weighted by atomic mass is 9.86. The largest absolute Gasteiger partial charge is 0.508 e. The van der Waals surface area contributed by atoms with Gasteiger partial charge in [0.15, 0.2) is 0 Å². The van der Waals surface area contributed by atoms with Crippen molar-refractivity contribution in [3.63, 3.8) is 0 Å². The number of phenolic OH excluding ortho intramolecular Hbond substituents is 1. The van der Waals surface area contributed by atoms with Crippen LogP contribution in [0.3, 0.4) is 0 Å². The van der Waals surface area contributed by atoms with Crippen molar-refractivity contribution in [1.82, 2.24) is 0 Å². The minimum absolute atomic E-state index is 0.0402. The van der Waals surface area contributed by atoms with Gasteiger partial charge in [-0.2, -0.15) is 0 Å². The topological polar surface area (TPSA) is 20.2 Å². The summed E-state index contributed by atoms with van der Waals surface area (Å²) in [7, 11) is -1.53. The lowest BCUT2D eigenvalue weighted by Gasteiger charge is -2.32. The van der Waals surface area contributed by atoms with E-state index in [2.05, 4.69) is 77.1 Å². The Morgan fingerprint density at radius 2 is 1.54 bits per heavy atom. The predicted molar refractivity (Wildman–Crippen MR) is 120 cm³/mol. The third kappa shape index (κ3) is 5.17. The molecule has 0 aromatic heterocycles. The van der Waals surface area contributed by atoms with Crippen LogP contribution in [0.4, 0.5) is 0 Å². The van der Waals surface area contributed by atoms with Crippen LogP contribution < -0.4 is 5.19 Å². The van der Waals surface area contributed by atoms with Crippen molar-refractivity contribution in [2.45, 2.75) is 69.9 Å². The lowest BCUT2D eigenvalue weighted by molar-refractivity contribution is 0.446. The summed E-state index contributed by atoms with van der Waals surface area (Å²) >= 11 is 1.99. The maximum Gasteiger partial charge on any atom is 0.119 e. The zero-order valence-electron chi connectivity index (χ0n) is 17.0. The van der Waals surface area contributed by atoms with Crippen LogP contribution in [0.2, 0.25) is 12.1 Å². The van der Waals surface area contributed by atoms with Crippen LogP contribution in [0, 0.1) is 0 Å². The predicted octanol–water partition coefficient (Wildman–Crippen LogP) is 6.50. The molecule has 0 atom stereocenters. The van der Waals surface area contributed by atoms with E-state index in [0.717, 1.165) is 5.56 Å². The second kappa shape index (κ2) is 9.14. The summed E-state index contributed by atoms with van der Waals surface area (Å²) in [6.07, 6.45) is 2.51. The number of aromatic hydroxyl groups is 1. The van der Waals surface area contributed by atoms with Gasteiger partial charge in [-0.1, -0.05) is 95.1 Å². The van der Waals surface area contributed by atoms with Crippen LogP contribution >= 0.6 is 11.8 Å². The molecule has 142 valence electrons. The molecule has 1 N–H and O–H groups in total. The second-order valence-corrected chi connectivity index (χ2v) is 14.4. The molecule has 2 aromatic rings. The van der Waals surface area contributed by atoms with Crippen LogP contribution in [0.1, 0.15) is 53.0 Å². The minimum Gasteiger partial charge on any atom is -0.508 e. The van der Waals surface area contributed by atoms with Crippen molar-refractivity contribution in [2.24, 2.45) is 0 Å². The maximum atomic E-state index is 10.2. The number of hydrogen-bond donors (Lipinski definition) is 1. The number of rotatable bonds is 8. The molecular weight excluding hydrogens is 352 g/mol. The second-order valence-electron chi connectivity index (χ2n) is 8.36. The summed E-state index contributed by atoms with van der Waals surface area (Å²) in [5.74, 6) is 0.413. The summed E-state index contributed by atoms with van der Waals surface area (Å²) in [5, 5.41) is 13.1. The van der Waals surface area contributed by atoms with E-state index < -0.39 is 8.07 Å². The highest BCUT2D eigenvalue weighted by Gasteiger charge is 2.33. The summed E-state index contributed by atoms with van der Waals surface area (Å²) in [6, 6.07) is 20.1. The molecule has 0 bridgehead atoms. The van der Waals surface area contributed by atoms with E-state index in [9.17, 15) is 5.11 Å². The first-order valence-electron chi connectivity index (χ1n) is 9.84. The molecular formula is C23H34OSSi. The first-order valence-corrected chi connectivity index (χ1v) is 13.4. The van der Waals surface area contributed by atoms with E-state index in [1.165, 1.54) is 35.2 Å². The van der Waals surface area contributed by atoms with Gasteiger partial charge in [0.2, 0.25) is 0 Å². The van der Waals surface area contributed by atoms with Crippen LogP contribution in [0.25, 0.3) is 0 Å². The third-order valence-corrected chi connectivity index (χ3v) is 13.0. The van der Waals surface area contributed by atoms with Crippen LogP contribution in [-0.4, -0.2) is 18.6 Å². The monoisotopic (exact) mass is 386 g/mol. The number of phenols is 1. The Balaban J connectivity index is 2.30. The van der Waals surface area contributed by atoms with E-state index in [1.54, 1.807) is 5.19 Å². The molecule has 1 nitrogen and oxygen atoms in total. The summed E-state index contributed by atoms with van der Waals surface area (Å²) < 4.78 is 0. The van der Waals surface area contributed by atoms with Gasteiger partial charge in [0, 0.05) is 10.5 Å². The van der Waals surface area contributed by atoms with Crippen molar-refractivity contribution < 1.29 is 5.11 Å². The summed E-state index contributed by atoms with van der Waals surface area (Å²) in [6.45, 7) is 11.1. The smallest absolute Gasteiger partial charge is 0.119 e. The Kier molecular flexibility index (Phi) is 7.42. The van der Waals surface area contributed by atoms with Crippen molar-refractivity contribution in [3.8, 4) is 5.75 Å². The fraction of sp³-hybridized carbons (Fsp3) is 0.478. The van der Waals surface area contributed by atoms with E-state index in [0.29, 0.717) is 5.75 Å². The van der Waals surface area contributed by atoms with E-state index in [-0.39, 0.29) is 5.41 Å². The molecule has 0 unspecified atom stereocenters. The minimum atomic E-state index is -1.53. The quantitative estimate of drug-likeness (QED) is 0.413. The number of hydrogen-bond acceptors (Lipinski definition) is 2. The highest BCUT2D eigenvalue weighted by molar-refractivity contribution is 8.01. The summed E-state index contributed by atoms with van der Waals surface area (Å²) in [5.41, 5.74) is 1.00. The van der Waals surface area contributed by atoms with Gasteiger partial charge in [0.05, 0.1) is 8.07 Å². The highest BCUT2D eigenvalue weighted by Crippen LogP contribution is 2.35. The zero-order chi connectivity index (χ0) is 19.2. The summed E-state index contributed by atoms with van der Waals surface area (Å²) in [4.78, 5) is 1.28. The number of thioether (sulfide) groups is 1. The Labute approximate surface area is 165 Å². The highest BCUT2D eigenvalue weighted by atomic mass is 32.2. The van der Waals surface area contributed by atoms with E-state index >= 15 is 0 Å². The average Bonchev–Trinajstić information content (AvgIpc) is 2.61. The number of benzene rings is 2. The van der Waals surface area contributed by atoms with E-state index in [1.807, 2.05) is 17.8 Å². The van der Waals surface area contributed by atoms with Gasteiger partial charge < -0.3 is 5.11 Å². The van der Waals surface area contributed by atoms with Gasteiger partial charge in [-0.3, -0.25) is 0 Å². The average molecular weight is 387 g/mol. The Morgan fingerprint density at radius 1 is 0.923 bits per heavy atom. The SMILES string of the molecule is CCC[Si](CCC)(CSc1ccc(O)c(C(C)(C)C)c1)c1ccccc1. The van der Waals surface area contributed by atoms with Gasteiger partial charge in [0.25, 0.3) is 0 Å². The molecule has 0 saturated heterocycles. The Morgan fingerprint density at radius 3 is 2.08 bits per heavy atom. The molecule has 2 rings (SSSR count). The first kappa shape index (κ1) is 21.1. The fourth-order valence-electron chi connectivity index (χ4n) is 3.82. The molecule has 0 spiro atoms. The molecule has 0 aliphatic heterocycles. The first-order chi connectivity index (χ1) is 12.3. The fourth-order valence-corrected chi connectivity index (χ4v) is 11.4. The van der Waals surface area contributed by atoms with Gasteiger partial charge in [-0.05, 0) is 29.0 Å². The Bertz CT molecular complexity index is 685. The molecule has 0 aliphatic carbocycles. The third-order valence-electron chi connectivity index (χ3n) is 5.13. The maximum absolute atomic E-state index is 10.2. The van der Waals surface area contributed by atoms with E-state index in [4.69, 9.17) is 0 Å². The Hall–Kier alpha value is -1.19. The van der Waals surface area contributed by atoms with Crippen molar-refractivity contribution in [3.05, 3.63) is 54.1 Å². The molecule has 0 amide bonds. The molecule has 0 radical (unpaired) electrons. The zero-order valence-corrected chi connectivity index (χ0v) is 18.8.